The maximum Gasteiger partial charge on any atom is 0.315 e. The van der Waals surface area contributed by atoms with Crippen LogP contribution in [0.25, 0.3) is 0 Å². The maximum absolute atomic E-state index is 14.2. The van der Waals surface area contributed by atoms with Crippen molar-refractivity contribution in [3.05, 3.63) is 11.6 Å². The number of rotatable bonds is 10. The van der Waals surface area contributed by atoms with Crippen LogP contribution >= 0.6 is 0 Å². The molecule has 6 heteroatoms. The second-order valence-corrected chi connectivity index (χ2v) is 19.2. The summed E-state index contributed by atoms with van der Waals surface area (Å²) in [7, 11) is 0. The lowest BCUT2D eigenvalue weighted by Gasteiger charge is -2.60. The summed E-state index contributed by atoms with van der Waals surface area (Å²) in [5.74, 6) is 3.58. The summed E-state index contributed by atoms with van der Waals surface area (Å²) in [6.45, 7) is 16.3. The Morgan fingerprint density at radius 1 is 0.958 bits per heavy atom. The fourth-order valence-electron chi connectivity index (χ4n) is 14.5. The normalized spacial score (nSPS) is 46.8. The quantitative estimate of drug-likeness (QED) is 0.191. The lowest BCUT2D eigenvalue weighted by Crippen LogP contribution is -2.65. The number of carbonyl (C=O) groups is 2. The summed E-state index contributed by atoms with van der Waals surface area (Å²) in [5.41, 5.74) is -1.39. The Balaban J connectivity index is 1.07. The highest BCUT2D eigenvalue weighted by molar-refractivity contribution is 5.90. The Morgan fingerprint density at radius 3 is 2.42 bits per heavy atom. The van der Waals surface area contributed by atoms with Crippen LogP contribution in [0.1, 0.15) is 118 Å². The number of carboxylic acid groups (broad SMARTS) is 1. The summed E-state index contributed by atoms with van der Waals surface area (Å²) in [5, 5.41) is 11.6. The zero-order valence-corrected chi connectivity index (χ0v) is 30.7. The van der Waals surface area contributed by atoms with Crippen LogP contribution < -0.4 is 0 Å². The van der Waals surface area contributed by atoms with E-state index >= 15 is 0 Å². The second kappa shape index (κ2) is 12.8. The van der Waals surface area contributed by atoms with Crippen LogP contribution in [0.4, 0.5) is 0 Å². The molecule has 0 aromatic rings. The Labute approximate surface area is 291 Å². The van der Waals surface area contributed by atoms with Crippen molar-refractivity contribution in [3.63, 3.8) is 0 Å². The summed E-state index contributed by atoms with van der Waals surface area (Å²) in [4.78, 5) is 33.3. The third-order valence-corrected chi connectivity index (χ3v) is 16.5. The molecule has 268 valence electrons. The van der Waals surface area contributed by atoms with E-state index in [1.807, 2.05) is 0 Å². The fraction of sp³-hybridized carbons (Fsp3) is 0.905. The van der Waals surface area contributed by atoms with Crippen molar-refractivity contribution in [1.82, 2.24) is 9.80 Å². The number of carboxylic acids is 1. The van der Waals surface area contributed by atoms with E-state index in [1.54, 1.807) is 0 Å². The minimum atomic E-state index is -1.13. The van der Waals surface area contributed by atoms with E-state index in [0.29, 0.717) is 24.2 Å². The number of hydrogen-bond acceptors (Lipinski definition) is 5. The highest BCUT2D eigenvalue weighted by Crippen LogP contribution is 2.84. The molecule has 6 nitrogen and oxygen atoms in total. The molecule has 8 rings (SSSR count). The molecule has 0 aromatic heterocycles. The molecule has 7 fully saturated rings. The largest absolute Gasteiger partial charge is 0.481 e. The number of nitrogens with zero attached hydrogens (tertiary/aromatic N) is 2. The van der Waals surface area contributed by atoms with Gasteiger partial charge in [-0.25, -0.2) is 0 Å². The molecule has 4 bridgehead atoms. The van der Waals surface area contributed by atoms with E-state index in [-0.39, 0.29) is 30.0 Å². The Bertz CT molecular complexity index is 1250. The number of aliphatic carboxylic acids is 1. The van der Waals surface area contributed by atoms with Gasteiger partial charge in [0.05, 0.1) is 17.6 Å². The topological polar surface area (TPSA) is 70.1 Å². The Kier molecular flexibility index (Phi) is 9.01. The van der Waals surface area contributed by atoms with Crippen molar-refractivity contribution in [2.75, 3.05) is 39.3 Å². The van der Waals surface area contributed by atoms with Crippen LogP contribution in [0.3, 0.4) is 0 Å². The van der Waals surface area contributed by atoms with E-state index in [9.17, 15) is 14.7 Å². The first-order valence-electron chi connectivity index (χ1n) is 20.6. The van der Waals surface area contributed by atoms with E-state index in [1.165, 1.54) is 83.7 Å². The monoisotopic (exact) mass is 663 g/mol. The minimum absolute atomic E-state index is 0.0864. The van der Waals surface area contributed by atoms with Gasteiger partial charge in [-0.1, -0.05) is 71.4 Å². The Morgan fingerprint density at radius 2 is 1.73 bits per heavy atom. The van der Waals surface area contributed by atoms with Crippen LogP contribution in [0.15, 0.2) is 11.6 Å². The van der Waals surface area contributed by atoms with Crippen LogP contribution in [-0.2, 0) is 14.3 Å². The van der Waals surface area contributed by atoms with Crippen LogP contribution in [0, 0.1) is 69.5 Å². The lowest BCUT2D eigenvalue weighted by atomic mass is 9.41. The van der Waals surface area contributed by atoms with Crippen molar-refractivity contribution in [1.29, 1.82) is 0 Å². The average molecular weight is 663 g/mol. The van der Waals surface area contributed by atoms with Gasteiger partial charge >= 0.3 is 5.97 Å². The molecule has 5 aliphatic carbocycles. The predicted octanol–water partition coefficient (Wildman–Crippen LogP) is 7.71. The number of piperidine rings is 2. The van der Waals surface area contributed by atoms with Crippen molar-refractivity contribution >= 4 is 12.3 Å². The summed E-state index contributed by atoms with van der Waals surface area (Å²) in [6.07, 6.45) is 20.3. The SMILES string of the molecule is CC1CCCN(CC2CCN(C[C@@H]3O[C@@H](C45C[C@@H]6[C@H](C)CC[C@H]6C6(C=O)CC4C=C(C(C)C)[C@]65C(=O)O)C[C@@H]3CC3CCCC3)CC2)C1. The summed E-state index contributed by atoms with van der Waals surface area (Å²) in [6, 6.07) is 0. The molecule has 4 unspecified atom stereocenters. The smallest absolute Gasteiger partial charge is 0.315 e. The van der Waals surface area contributed by atoms with Gasteiger partial charge in [-0.3, -0.25) is 4.79 Å². The van der Waals surface area contributed by atoms with Gasteiger partial charge in [-0.15, -0.1) is 0 Å². The van der Waals surface area contributed by atoms with Crippen molar-refractivity contribution in [2.45, 2.75) is 130 Å². The van der Waals surface area contributed by atoms with Crippen molar-refractivity contribution < 1.29 is 19.4 Å². The molecule has 48 heavy (non-hydrogen) atoms. The van der Waals surface area contributed by atoms with Crippen LogP contribution in [0.2, 0.25) is 0 Å². The highest BCUT2D eigenvalue weighted by atomic mass is 16.5. The first-order chi connectivity index (χ1) is 23.1. The van der Waals surface area contributed by atoms with Crippen molar-refractivity contribution in [3.8, 4) is 0 Å². The Hall–Kier alpha value is -1.24. The zero-order valence-electron chi connectivity index (χ0n) is 30.7. The molecule has 3 saturated heterocycles. The van der Waals surface area contributed by atoms with E-state index in [2.05, 4.69) is 43.6 Å². The molecule has 11 atom stereocenters. The van der Waals surface area contributed by atoms with Gasteiger partial charge in [0.1, 0.15) is 11.7 Å². The van der Waals surface area contributed by atoms with E-state index in [4.69, 9.17) is 4.74 Å². The first-order valence-corrected chi connectivity index (χ1v) is 20.6. The third-order valence-electron chi connectivity index (χ3n) is 16.5. The van der Waals surface area contributed by atoms with Crippen LogP contribution in [0.5, 0.6) is 0 Å². The van der Waals surface area contributed by atoms with Gasteiger partial charge < -0.3 is 24.4 Å². The first kappa shape index (κ1) is 33.9. The predicted molar refractivity (Wildman–Crippen MR) is 189 cm³/mol. The molecule has 3 heterocycles. The third kappa shape index (κ3) is 4.94. The van der Waals surface area contributed by atoms with Gasteiger partial charge in [0, 0.05) is 25.0 Å². The summed E-state index contributed by atoms with van der Waals surface area (Å²) >= 11 is 0. The molecule has 4 saturated carbocycles. The molecule has 0 amide bonds. The highest BCUT2D eigenvalue weighted by Gasteiger charge is 2.86. The number of likely N-dealkylation sites (tertiary alicyclic amines) is 2. The molecule has 0 spiro atoms. The van der Waals surface area contributed by atoms with Gasteiger partial charge in [0.15, 0.2) is 0 Å². The van der Waals surface area contributed by atoms with Gasteiger partial charge in [-0.2, -0.15) is 0 Å². The number of ether oxygens (including phenoxy) is 1. The molecular formula is C42H66N2O4. The second-order valence-electron chi connectivity index (χ2n) is 19.2. The van der Waals surface area contributed by atoms with Gasteiger partial charge in [0.25, 0.3) is 0 Å². The standard InChI is InChI=1S/C42H66N2O4/c1-27(2)36-20-33-21-40(26-45)35-12-11-29(4)34(35)22-41(33,42(36,40)39(46)47)38-19-32(18-30-9-5-6-10-30)37(48-38)25-43-16-13-31(14-17-43)24-44-15-7-8-28(3)23-44/h20,26-35,37-38H,5-19,21-25H2,1-4H3,(H,46,47)/t28?,29-,32+,33?,34-,35-,37+,38-,40?,41?,42+/m1/s1. The minimum Gasteiger partial charge on any atom is -0.481 e. The average Bonchev–Trinajstić information content (AvgIpc) is 3.88. The fourth-order valence-corrected chi connectivity index (χ4v) is 14.5. The molecular weight excluding hydrogens is 596 g/mol. The number of aldehydes is 1. The van der Waals surface area contributed by atoms with E-state index in [0.717, 1.165) is 68.6 Å². The molecule has 8 aliphatic rings. The molecule has 3 aliphatic heterocycles. The lowest BCUT2D eigenvalue weighted by molar-refractivity contribution is -0.197. The zero-order chi connectivity index (χ0) is 33.4. The van der Waals surface area contributed by atoms with Gasteiger partial charge in [0.2, 0.25) is 0 Å². The molecule has 1 N–H and O–H groups in total. The number of allylic oxidation sites excluding steroid dienone is 1. The number of fused-ring (bicyclic) bond motifs is 2. The molecule has 0 radical (unpaired) electrons. The molecule has 0 aromatic carbocycles. The van der Waals surface area contributed by atoms with Crippen LogP contribution in [-0.4, -0.2) is 78.6 Å². The van der Waals surface area contributed by atoms with Crippen molar-refractivity contribution in [2.24, 2.45) is 69.5 Å². The van der Waals surface area contributed by atoms with E-state index < -0.39 is 22.2 Å². The van der Waals surface area contributed by atoms with Gasteiger partial charge in [-0.05, 0) is 131 Å². The maximum atomic E-state index is 14.2. The summed E-state index contributed by atoms with van der Waals surface area (Å²) < 4.78 is 7.50. The number of carbonyl (C=O) groups excluding carboxylic acids is 1. The number of hydrogen-bond donors (Lipinski definition) is 1.